The van der Waals surface area contributed by atoms with Crippen LogP contribution in [0.15, 0.2) is 126 Å². The number of ether oxygens (including phenoxy) is 4. The number of nitrogens with zero attached hydrogens (tertiary/aromatic N) is 6. The van der Waals surface area contributed by atoms with Crippen LogP contribution < -0.4 is 11.2 Å². The quantitative estimate of drug-likeness (QED) is 0.0229. The van der Waals surface area contributed by atoms with E-state index in [9.17, 15) is 38.4 Å². The predicted molar refractivity (Wildman–Crippen MR) is 372 cm³/mol. The monoisotopic (exact) mass is 1430 g/mol. The van der Waals surface area contributed by atoms with Crippen molar-refractivity contribution in [1.29, 1.82) is 0 Å². The molecule has 0 bridgehead atoms. The minimum absolute atomic E-state index is 0. The Balaban J connectivity index is 0.000000216. The number of carbonyl (C=O) groups excluding carboxylic acids is 7. The van der Waals surface area contributed by atoms with E-state index in [1.54, 1.807) is 33.7 Å². The molecule has 5 amide bonds. The highest BCUT2D eigenvalue weighted by atomic mass is 79.9. The third-order valence-electron chi connectivity index (χ3n) is 17.6. The molecule has 25 heteroatoms. The average molecular weight is 1430 g/mol. The molecule has 4 saturated carbocycles. The molecule has 13 rings (SSSR count). The first-order chi connectivity index (χ1) is 46.0. The van der Waals surface area contributed by atoms with E-state index in [1.807, 2.05) is 121 Å². The van der Waals surface area contributed by atoms with E-state index in [0.717, 1.165) is 104 Å². The molecule has 4 aromatic carbocycles. The summed E-state index contributed by atoms with van der Waals surface area (Å²) in [6.07, 6.45) is 12.0. The molecule has 97 heavy (non-hydrogen) atoms. The van der Waals surface area contributed by atoms with Crippen molar-refractivity contribution in [3.63, 3.8) is 0 Å². The van der Waals surface area contributed by atoms with Gasteiger partial charge in [-0.25, -0.2) is 25.1 Å². The molecule has 9 fully saturated rings. The number of carboxylic acids is 1. The lowest BCUT2D eigenvalue weighted by Crippen LogP contribution is -2.34. The molecule has 6 N–H and O–H groups in total. The van der Waals surface area contributed by atoms with Gasteiger partial charge >= 0.3 is 30.3 Å². The van der Waals surface area contributed by atoms with Gasteiger partial charge in [-0.2, -0.15) is 0 Å². The highest BCUT2D eigenvalue weighted by molar-refractivity contribution is 9.09. The zero-order valence-corrected chi connectivity index (χ0v) is 57.5. The summed E-state index contributed by atoms with van der Waals surface area (Å²) in [5.41, 5.74) is 4.71. The Labute approximate surface area is 585 Å². The van der Waals surface area contributed by atoms with Crippen molar-refractivity contribution in [3.8, 4) is 0 Å². The lowest BCUT2D eigenvalue weighted by atomic mass is 9.99. The van der Waals surface area contributed by atoms with Gasteiger partial charge in [0.05, 0.1) is 17.5 Å². The zero-order chi connectivity index (χ0) is 68.1. The fourth-order valence-corrected chi connectivity index (χ4v) is 11.7. The number of aliphatic carboxylic acids is 1. The number of halogens is 2. The topological polar surface area (TPSA) is 301 Å². The Morgan fingerprint density at radius 2 is 0.773 bits per heavy atom. The normalized spacial score (nSPS) is 21.0. The van der Waals surface area contributed by atoms with Gasteiger partial charge in [0.1, 0.15) is 38.0 Å². The van der Waals surface area contributed by atoms with E-state index in [2.05, 4.69) is 32.3 Å². The zero-order valence-electron chi connectivity index (χ0n) is 55.1. The number of hydrogen-bond acceptors (Lipinski definition) is 17. The summed E-state index contributed by atoms with van der Waals surface area (Å²) in [7, 11) is 3.47. The Morgan fingerprint density at radius 1 is 0.464 bits per heavy atom. The van der Waals surface area contributed by atoms with Crippen LogP contribution in [0.2, 0.25) is 0 Å². The molecule has 23 nitrogen and oxygen atoms in total. The Bertz CT molecular complexity index is 3000. The predicted octanol–water partition coefficient (Wildman–Crippen LogP) is 11.5. The summed E-state index contributed by atoms with van der Waals surface area (Å²) in [6.45, 7) is 7.21. The van der Waals surface area contributed by atoms with Crippen molar-refractivity contribution in [3.05, 3.63) is 144 Å². The van der Waals surface area contributed by atoms with Crippen LogP contribution in [0, 0.1) is 47.3 Å². The second kappa shape index (κ2) is 42.2. The van der Waals surface area contributed by atoms with Crippen molar-refractivity contribution < 1.29 is 72.8 Å². The number of ketones is 2. The van der Waals surface area contributed by atoms with Gasteiger partial charge in [-0.15, -0.1) is 12.4 Å². The molecule has 0 aromatic heterocycles. The molecule has 5 saturated heterocycles. The first-order valence-electron chi connectivity index (χ1n) is 33.2. The summed E-state index contributed by atoms with van der Waals surface area (Å²) in [5, 5.41) is 31.1. The number of carboxylic acid groups (broad SMARTS) is 1. The number of likely N-dealkylation sites (tertiary alicyclic amines) is 4. The molecule has 4 aliphatic carbocycles. The number of nitrogens with one attached hydrogen (secondary N) is 1. The van der Waals surface area contributed by atoms with Gasteiger partial charge in [-0.1, -0.05) is 150 Å². The standard InChI is InChI=1S/C16H20N2O3.C16H19NO3.C15H20N2O3.C13H15NO4.C8H13NO.C3H5Br.CH4.ClH.H3NO/c19-16(21-11-12-4-2-1-3-5-12)18-9-8-14(10-18)15(17-20)13-6-7-13;18-15(13-6-7-13)14-8-9-17(10-14)16(19)20-11-12-4-2-1-3-5-12;1-16(2)14(18)13-8-9-17(10-13)15(19)20-11-12-6-4-3-5-7-12;15-12(16)11-6-7-14(8-11)13(17)18-9-10-4-2-1-3-5-10;10-8(6-1-2-6)7-3-4-9-5-7;4-3-1-2-3;;;1-2/h1-5,13-14,20H,6-11H2;1-5,13-14H,6-11H2;3-7,13H,8-11H2,1-2H3;1-5,11H,6-9H2,(H,15,16);6-7,9H,1-5H2;3H,1-2H2;1H4;1H;2H,1H2/b17-15-;;;;;;;;. The van der Waals surface area contributed by atoms with Gasteiger partial charge in [0.2, 0.25) is 5.91 Å². The number of amides is 5. The fraction of sp³-hybridized carbons (Fsp3) is 0.542. The molecule has 0 spiro atoms. The Kier molecular flexibility index (Phi) is 34.9. The number of Topliss-reactive ketones (excluding diaryl/α,β-unsaturated/α-hetero) is 2. The van der Waals surface area contributed by atoms with Crippen molar-refractivity contribution in [2.75, 3.05) is 79.5 Å². The third kappa shape index (κ3) is 28.0. The van der Waals surface area contributed by atoms with Crippen LogP contribution in [0.25, 0.3) is 0 Å². The molecular formula is C72H100BrClN8O15. The average Bonchev–Trinajstić information content (AvgIpc) is 1.72. The Morgan fingerprint density at radius 3 is 1.07 bits per heavy atom. The van der Waals surface area contributed by atoms with Crippen molar-refractivity contribution in [1.82, 2.24) is 29.8 Å². The highest BCUT2D eigenvalue weighted by Crippen LogP contribution is 2.37. The summed E-state index contributed by atoms with van der Waals surface area (Å²) in [5.74, 6) is 4.80. The number of nitrogens with two attached hydrogens (primary N) is 1. The van der Waals surface area contributed by atoms with Gasteiger partial charge in [-0.05, 0) is 112 Å². The van der Waals surface area contributed by atoms with Crippen LogP contribution in [-0.4, -0.2) is 178 Å². The van der Waals surface area contributed by atoms with E-state index >= 15 is 0 Å². The first kappa shape index (κ1) is 80.0. The smallest absolute Gasteiger partial charge is 0.410 e. The van der Waals surface area contributed by atoms with Crippen LogP contribution in [0.4, 0.5) is 19.2 Å². The van der Waals surface area contributed by atoms with Crippen molar-refractivity contribution in [2.45, 2.75) is 122 Å². The maximum absolute atomic E-state index is 12.1. The minimum atomic E-state index is -0.853. The molecule has 532 valence electrons. The largest absolute Gasteiger partial charge is 0.481 e. The molecular weight excluding hydrogens is 1330 g/mol. The third-order valence-corrected chi connectivity index (χ3v) is 18.5. The number of carbonyl (C=O) groups is 8. The van der Waals surface area contributed by atoms with E-state index in [4.69, 9.17) is 34.5 Å². The number of oxime groups is 1. The lowest BCUT2D eigenvalue weighted by Gasteiger charge is -2.18. The molecule has 5 aliphatic heterocycles. The van der Waals surface area contributed by atoms with Gasteiger partial charge in [0.25, 0.3) is 0 Å². The Hall–Kier alpha value is -7.64. The summed E-state index contributed by atoms with van der Waals surface area (Å²) in [4.78, 5) is 103. The SMILES string of the molecule is BrC1CC1.C.CN(C)C(=O)C1CCN(C(=O)OCc2ccccc2)C1.Cl.NO.O=C(C1CC1)C1CCN(C(=O)OCc2ccccc2)C1.O=C(C1CC1)C1CCNC1.O=C(O)C1CCN(C(=O)OCc2ccccc2)C1.O=C(OCc1ccccc1)N1CCC(/C(=N\O)C2CC2)C1. The minimum Gasteiger partial charge on any atom is -0.481 e. The number of rotatable bonds is 16. The summed E-state index contributed by atoms with van der Waals surface area (Å²) < 4.78 is 21.0. The van der Waals surface area contributed by atoms with Crippen LogP contribution in [0.3, 0.4) is 0 Å². The van der Waals surface area contributed by atoms with E-state index in [0.29, 0.717) is 94.6 Å². The van der Waals surface area contributed by atoms with Crippen molar-refractivity contribution in [2.24, 2.45) is 58.4 Å². The number of alkyl halides is 1. The van der Waals surface area contributed by atoms with Crippen LogP contribution in [-0.2, 0) is 64.6 Å². The van der Waals surface area contributed by atoms with Crippen LogP contribution in [0.5, 0.6) is 0 Å². The maximum atomic E-state index is 12.1. The summed E-state index contributed by atoms with van der Waals surface area (Å²) in [6, 6.07) is 38.2. The molecule has 5 unspecified atom stereocenters. The highest BCUT2D eigenvalue weighted by Gasteiger charge is 2.41. The van der Waals surface area contributed by atoms with Gasteiger partial charge in [0.15, 0.2) is 0 Å². The summed E-state index contributed by atoms with van der Waals surface area (Å²) >= 11 is 3.38. The number of hydrogen-bond donors (Lipinski definition) is 5. The van der Waals surface area contributed by atoms with E-state index in [-0.39, 0.29) is 94.1 Å². The van der Waals surface area contributed by atoms with E-state index in [1.165, 1.54) is 17.7 Å². The van der Waals surface area contributed by atoms with Gasteiger partial charge in [-0.3, -0.25) is 19.2 Å². The molecule has 0 radical (unpaired) electrons. The fourth-order valence-electron chi connectivity index (χ4n) is 11.4. The van der Waals surface area contributed by atoms with Crippen LogP contribution in [0.1, 0.15) is 113 Å². The van der Waals surface area contributed by atoms with Crippen LogP contribution >= 0.6 is 28.3 Å². The maximum Gasteiger partial charge on any atom is 0.410 e. The molecule has 9 aliphatic rings. The van der Waals surface area contributed by atoms with Crippen molar-refractivity contribution >= 4 is 81.9 Å². The number of benzene rings is 4. The first-order valence-corrected chi connectivity index (χ1v) is 34.1. The second-order valence-electron chi connectivity index (χ2n) is 25.5. The van der Waals surface area contributed by atoms with E-state index < -0.39 is 18.0 Å². The molecule has 5 atom stereocenters. The van der Waals surface area contributed by atoms with Gasteiger partial charge < -0.3 is 64.3 Å². The molecule has 5 heterocycles. The second-order valence-corrected chi connectivity index (χ2v) is 26.8. The lowest BCUT2D eigenvalue weighted by molar-refractivity contribution is -0.141. The van der Waals surface area contributed by atoms with Gasteiger partial charge in [0, 0.05) is 113 Å². The molecule has 4 aromatic rings.